The summed E-state index contributed by atoms with van der Waals surface area (Å²) in [6, 6.07) is 0. The number of hydrogen-bond acceptors (Lipinski definition) is 3. The van der Waals surface area contributed by atoms with Crippen LogP contribution in [0.1, 0.15) is 6.92 Å². The maximum Gasteiger partial charge on any atom is 0.211 e. The summed E-state index contributed by atoms with van der Waals surface area (Å²) in [5.74, 6) is 0.0625. The lowest BCUT2D eigenvalue weighted by Gasteiger charge is -1.99. The molecule has 56 valence electrons. The maximum atomic E-state index is 10.5. The second kappa shape index (κ2) is 3.81. The summed E-state index contributed by atoms with van der Waals surface area (Å²) >= 11 is 0. The van der Waals surface area contributed by atoms with Crippen LogP contribution in [0.25, 0.3) is 0 Å². The monoisotopic (exact) mass is 153 g/mol. The average Bonchev–Trinajstić information content (AvgIpc) is 1.84. The van der Waals surface area contributed by atoms with Gasteiger partial charge in [-0.25, -0.2) is 13.1 Å². The van der Waals surface area contributed by atoms with Crippen LogP contribution in [0.4, 0.5) is 0 Å². The summed E-state index contributed by atoms with van der Waals surface area (Å²) in [5.41, 5.74) is 0. The lowest BCUT2D eigenvalue weighted by molar-refractivity contribution is 0.301. The highest BCUT2D eigenvalue weighted by Gasteiger charge is 2.02. The van der Waals surface area contributed by atoms with E-state index < -0.39 is 10.0 Å². The zero-order valence-electron chi connectivity index (χ0n) is 5.29. The van der Waals surface area contributed by atoms with E-state index in [1.165, 1.54) is 0 Å². The minimum absolute atomic E-state index is 0.0625. The van der Waals surface area contributed by atoms with Gasteiger partial charge >= 0.3 is 0 Å². The van der Waals surface area contributed by atoms with Crippen LogP contribution in [-0.2, 0) is 10.0 Å². The van der Waals surface area contributed by atoms with Gasteiger partial charge in [-0.1, -0.05) is 0 Å². The average molecular weight is 153 g/mol. The molecule has 0 fully saturated rings. The van der Waals surface area contributed by atoms with Crippen LogP contribution in [0.3, 0.4) is 0 Å². The van der Waals surface area contributed by atoms with Crippen LogP contribution in [0.5, 0.6) is 0 Å². The van der Waals surface area contributed by atoms with E-state index in [0.717, 1.165) is 0 Å². The van der Waals surface area contributed by atoms with Crippen molar-refractivity contribution in [3.63, 3.8) is 0 Å². The van der Waals surface area contributed by atoms with Crippen molar-refractivity contribution in [2.45, 2.75) is 6.92 Å². The largest absolute Gasteiger partial charge is 0.395 e. The molecule has 5 heteroatoms. The molecule has 0 saturated carbocycles. The molecule has 0 bridgehead atoms. The Morgan fingerprint density at radius 3 is 2.44 bits per heavy atom. The van der Waals surface area contributed by atoms with Gasteiger partial charge in [0.25, 0.3) is 0 Å². The molecule has 0 unspecified atom stereocenters. The van der Waals surface area contributed by atoms with Gasteiger partial charge in [0.2, 0.25) is 10.0 Å². The predicted molar refractivity (Wildman–Crippen MR) is 34.5 cm³/mol. The quantitative estimate of drug-likeness (QED) is 0.540. The van der Waals surface area contributed by atoms with Crippen molar-refractivity contribution in [3.05, 3.63) is 0 Å². The van der Waals surface area contributed by atoms with E-state index in [9.17, 15) is 8.42 Å². The number of sulfonamides is 1. The molecular formula is C4H11NO3S. The molecule has 0 atom stereocenters. The van der Waals surface area contributed by atoms with Gasteiger partial charge in [0.1, 0.15) is 0 Å². The topological polar surface area (TPSA) is 66.4 Å². The molecule has 0 aliphatic heterocycles. The molecule has 0 heterocycles. The SMILES string of the molecule is CCS(=O)(=O)NCCO. The zero-order chi connectivity index (χ0) is 7.33. The van der Waals surface area contributed by atoms with Crippen LogP contribution in [0, 0.1) is 0 Å². The van der Waals surface area contributed by atoms with Crippen molar-refractivity contribution in [2.24, 2.45) is 0 Å². The van der Waals surface area contributed by atoms with Crippen LogP contribution in [0.2, 0.25) is 0 Å². The molecule has 0 amide bonds. The highest BCUT2D eigenvalue weighted by Crippen LogP contribution is 1.78. The Hall–Kier alpha value is -0.130. The lowest BCUT2D eigenvalue weighted by atomic mass is 10.8. The lowest BCUT2D eigenvalue weighted by Crippen LogP contribution is -2.27. The minimum Gasteiger partial charge on any atom is -0.395 e. The van der Waals surface area contributed by atoms with E-state index in [0.29, 0.717) is 0 Å². The van der Waals surface area contributed by atoms with Gasteiger partial charge < -0.3 is 5.11 Å². The van der Waals surface area contributed by atoms with E-state index in [4.69, 9.17) is 5.11 Å². The Bertz CT molecular complexity index is 151. The molecule has 0 aliphatic carbocycles. The van der Waals surface area contributed by atoms with Crippen molar-refractivity contribution in [1.82, 2.24) is 4.72 Å². The first-order chi connectivity index (χ1) is 4.12. The molecule has 4 nitrogen and oxygen atoms in total. The molecule has 0 aromatic rings. The van der Waals surface area contributed by atoms with Crippen LogP contribution in [-0.4, -0.2) is 32.4 Å². The molecular weight excluding hydrogens is 142 g/mol. The number of aliphatic hydroxyl groups excluding tert-OH is 1. The summed E-state index contributed by atoms with van der Waals surface area (Å²) in [6.07, 6.45) is 0. The first kappa shape index (κ1) is 8.87. The zero-order valence-corrected chi connectivity index (χ0v) is 6.11. The molecule has 0 rings (SSSR count). The third-order valence-corrected chi connectivity index (χ3v) is 2.22. The molecule has 0 aliphatic rings. The van der Waals surface area contributed by atoms with Crippen LogP contribution < -0.4 is 4.72 Å². The molecule has 0 radical (unpaired) electrons. The molecule has 0 aromatic carbocycles. The second-order valence-electron chi connectivity index (χ2n) is 1.52. The fourth-order valence-electron chi connectivity index (χ4n) is 0.303. The van der Waals surface area contributed by atoms with Gasteiger partial charge in [0.05, 0.1) is 12.4 Å². The Balaban J connectivity index is 3.61. The van der Waals surface area contributed by atoms with Gasteiger partial charge in [0.15, 0.2) is 0 Å². The van der Waals surface area contributed by atoms with Crippen molar-refractivity contribution >= 4 is 10.0 Å². The molecule has 2 N–H and O–H groups in total. The summed E-state index contributed by atoms with van der Waals surface area (Å²) < 4.78 is 23.3. The molecule has 0 spiro atoms. The third kappa shape index (κ3) is 4.38. The summed E-state index contributed by atoms with van der Waals surface area (Å²) in [7, 11) is -3.09. The fourth-order valence-corrected chi connectivity index (χ4v) is 0.910. The summed E-state index contributed by atoms with van der Waals surface area (Å²) in [4.78, 5) is 0. The summed E-state index contributed by atoms with van der Waals surface area (Å²) in [6.45, 7) is 1.50. The van der Waals surface area contributed by atoms with Gasteiger partial charge in [-0.15, -0.1) is 0 Å². The Morgan fingerprint density at radius 2 is 2.11 bits per heavy atom. The maximum absolute atomic E-state index is 10.5. The van der Waals surface area contributed by atoms with E-state index in [-0.39, 0.29) is 18.9 Å². The molecule has 0 saturated heterocycles. The Morgan fingerprint density at radius 1 is 1.56 bits per heavy atom. The Kier molecular flexibility index (Phi) is 3.76. The van der Waals surface area contributed by atoms with Gasteiger partial charge in [-0.05, 0) is 6.92 Å². The number of rotatable bonds is 4. The number of aliphatic hydroxyl groups is 1. The van der Waals surface area contributed by atoms with Crippen molar-refractivity contribution in [3.8, 4) is 0 Å². The first-order valence-electron chi connectivity index (χ1n) is 2.70. The smallest absolute Gasteiger partial charge is 0.211 e. The standard InChI is InChI=1S/C4H11NO3S/c1-2-9(7,8)5-3-4-6/h5-6H,2-4H2,1H3. The van der Waals surface area contributed by atoms with Gasteiger partial charge in [-0.3, -0.25) is 0 Å². The van der Waals surface area contributed by atoms with E-state index in [2.05, 4.69) is 4.72 Å². The second-order valence-corrected chi connectivity index (χ2v) is 3.62. The first-order valence-corrected chi connectivity index (χ1v) is 4.36. The normalized spacial score (nSPS) is 11.8. The van der Waals surface area contributed by atoms with Gasteiger partial charge in [-0.2, -0.15) is 0 Å². The molecule has 0 aromatic heterocycles. The molecule has 9 heavy (non-hydrogen) atoms. The van der Waals surface area contributed by atoms with Crippen molar-refractivity contribution in [2.75, 3.05) is 18.9 Å². The minimum atomic E-state index is -3.09. The van der Waals surface area contributed by atoms with E-state index >= 15 is 0 Å². The van der Waals surface area contributed by atoms with Crippen LogP contribution in [0.15, 0.2) is 0 Å². The van der Waals surface area contributed by atoms with Gasteiger partial charge in [0, 0.05) is 6.54 Å². The third-order valence-electron chi connectivity index (χ3n) is 0.814. The fraction of sp³-hybridized carbons (Fsp3) is 1.00. The van der Waals surface area contributed by atoms with Crippen LogP contribution >= 0.6 is 0 Å². The van der Waals surface area contributed by atoms with Crippen molar-refractivity contribution in [1.29, 1.82) is 0 Å². The highest BCUT2D eigenvalue weighted by molar-refractivity contribution is 7.89. The van der Waals surface area contributed by atoms with Crippen molar-refractivity contribution < 1.29 is 13.5 Å². The van der Waals surface area contributed by atoms with E-state index in [1.807, 2.05) is 0 Å². The highest BCUT2D eigenvalue weighted by atomic mass is 32.2. The Labute approximate surface area is 54.9 Å². The number of nitrogens with one attached hydrogen (secondary N) is 1. The van der Waals surface area contributed by atoms with E-state index in [1.54, 1.807) is 6.92 Å². The number of hydrogen-bond donors (Lipinski definition) is 2. The predicted octanol–water partition coefficient (Wildman–Crippen LogP) is -1.08. The summed E-state index contributed by atoms with van der Waals surface area (Å²) in [5, 5.41) is 8.20.